The third kappa shape index (κ3) is 4.73. The van der Waals surface area contributed by atoms with E-state index < -0.39 is 0 Å². The van der Waals surface area contributed by atoms with E-state index in [1.165, 1.54) is 5.56 Å². The molecule has 5 nitrogen and oxygen atoms in total. The van der Waals surface area contributed by atoms with E-state index in [2.05, 4.69) is 4.90 Å². The van der Waals surface area contributed by atoms with Crippen molar-refractivity contribution in [3.8, 4) is 5.75 Å². The minimum Gasteiger partial charge on any atom is -0.494 e. The Hall–Kier alpha value is -1.59. The average molecular weight is 346 g/mol. The fourth-order valence-corrected chi connectivity index (χ4v) is 3.98. The molecular formula is C20H30N2O3. The van der Waals surface area contributed by atoms with E-state index in [4.69, 9.17) is 4.74 Å². The molecule has 0 aromatic heterocycles. The van der Waals surface area contributed by atoms with Crippen LogP contribution in [0.15, 0.2) is 24.3 Å². The van der Waals surface area contributed by atoms with Crippen LogP contribution in [0.2, 0.25) is 0 Å². The number of carbonyl (C=O) groups excluding carboxylic acids is 1. The third-order valence-corrected chi connectivity index (χ3v) is 5.44. The number of carbonyl (C=O) groups is 1. The van der Waals surface area contributed by atoms with Gasteiger partial charge in [0.1, 0.15) is 5.75 Å². The number of rotatable bonds is 6. The summed E-state index contributed by atoms with van der Waals surface area (Å²) in [6.45, 7) is 5.98. The van der Waals surface area contributed by atoms with E-state index in [0.29, 0.717) is 19.1 Å². The fourth-order valence-electron chi connectivity index (χ4n) is 3.98. The number of hydrogen-bond donors (Lipinski definition) is 1. The highest BCUT2D eigenvalue weighted by Crippen LogP contribution is 2.25. The van der Waals surface area contributed by atoms with Crippen molar-refractivity contribution in [1.82, 2.24) is 9.80 Å². The molecule has 0 unspecified atom stereocenters. The van der Waals surface area contributed by atoms with Gasteiger partial charge in [-0.05, 0) is 50.3 Å². The van der Waals surface area contributed by atoms with E-state index in [1.807, 2.05) is 36.1 Å². The van der Waals surface area contributed by atoms with E-state index in [0.717, 1.165) is 57.6 Å². The molecule has 2 aliphatic rings. The van der Waals surface area contributed by atoms with Gasteiger partial charge in [0, 0.05) is 38.6 Å². The minimum absolute atomic E-state index is 0.179. The van der Waals surface area contributed by atoms with Gasteiger partial charge in [-0.3, -0.25) is 9.69 Å². The molecule has 25 heavy (non-hydrogen) atoms. The molecule has 0 spiro atoms. The van der Waals surface area contributed by atoms with E-state index in [1.54, 1.807) is 0 Å². The molecule has 1 aliphatic carbocycles. The highest BCUT2D eigenvalue weighted by Gasteiger charge is 2.33. The van der Waals surface area contributed by atoms with Gasteiger partial charge in [-0.2, -0.15) is 0 Å². The lowest BCUT2D eigenvalue weighted by Crippen LogP contribution is -2.53. The molecule has 1 saturated carbocycles. The van der Waals surface area contributed by atoms with Gasteiger partial charge < -0.3 is 14.7 Å². The molecule has 2 atom stereocenters. The monoisotopic (exact) mass is 346 g/mol. The van der Waals surface area contributed by atoms with Gasteiger partial charge >= 0.3 is 0 Å². The molecule has 1 aromatic rings. The van der Waals surface area contributed by atoms with Crippen LogP contribution in [-0.2, 0) is 11.2 Å². The SMILES string of the molecule is CCOc1ccc(CCC(=O)N2CCN([C@H]3CCC[C@H]3O)CC2)cc1. The van der Waals surface area contributed by atoms with Crippen molar-refractivity contribution in [2.24, 2.45) is 0 Å². The van der Waals surface area contributed by atoms with Crippen LogP contribution < -0.4 is 4.74 Å². The fraction of sp³-hybridized carbons (Fsp3) is 0.650. The highest BCUT2D eigenvalue weighted by molar-refractivity contribution is 5.76. The molecule has 1 N–H and O–H groups in total. The van der Waals surface area contributed by atoms with Crippen LogP contribution in [0.1, 0.15) is 38.2 Å². The van der Waals surface area contributed by atoms with Crippen molar-refractivity contribution in [2.75, 3.05) is 32.8 Å². The predicted octanol–water partition coefficient (Wildman–Crippen LogP) is 2.08. The molecule has 1 saturated heterocycles. The Morgan fingerprint density at radius 1 is 1.16 bits per heavy atom. The summed E-state index contributed by atoms with van der Waals surface area (Å²) in [5.41, 5.74) is 1.17. The average Bonchev–Trinajstić information content (AvgIpc) is 3.07. The van der Waals surface area contributed by atoms with Crippen LogP contribution in [0.25, 0.3) is 0 Å². The summed E-state index contributed by atoms with van der Waals surface area (Å²) >= 11 is 0. The summed E-state index contributed by atoms with van der Waals surface area (Å²) in [5, 5.41) is 10.0. The maximum atomic E-state index is 12.5. The number of aliphatic hydroxyl groups is 1. The zero-order valence-electron chi connectivity index (χ0n) is 15.2. The Morgan fingerprint density at radius 3 is 2.48 bits per heavy atom. The molecule has 1 amide bonds. The Labute approximate surface area is 150 Å². The third-order valence-electron chi connectivity index (χ3n) is 5.44. The van der Waals surface area contributed by atoms with Crippen LogP contribution >= 0.6 is 0 Å². The number of aliphatic hydroxyl groups excluding tert-OH is 1. The summed E-state index contributed by atoms with van der Waals surface area (Å²) in [4.78, 5) is 16.8. The molecule has 3 rings (SSSR count). The van der Waals surface area contributed by atoms with Crippen molar-refractivity contribution < 1.29 is 14.6 Å². The van der Waals surface area contributed by atoms with Gasteiger partial charge in [-0.25, -0.2) is 0 Å². The minimum atomic E-state index is -0.179. The summed E-state index contributed by atoms with van der Waals surface area (Å²) in [6, 6.07) is 8.32. The maximum Gasteiger partial charge on any atom is 0.222 e. The first-order chi connectivity index (χ1) is 12.2. The molecule has 0 bridgehead atoms. The van der Waals surface area contributed by atoms with Gasteiger partial charge in [0.15, 0.2) is 0 Å². The van der Waals surface area contributed by atoms with Gasteiger partial charge in [-0.15, -0.1) is 0 Å². The number of hydrogen-bond acceptors (Lipinski definition) is 4. The number of nitrogens with zero attached hydrogens (tertiary/aromatic N) is 2. The van der Waals surface area contributed by atoms with Gasteiger partial charge in [0.25, 0.3) is 0 Å². The standard InChI is InChI=1S/C20H30N2O3/c1-2-25-17-9-6-16(7-10-17)8-11-20(24)22-14-12-21(13-15-22)18-4-3-5-19(18)23/h6-7,9-10,18-19,23H,2-5,8,11-15H2,1H3/t18-,19+/m0/s1. The number of amides is 1. The van der Waals surface area contributed by atoms with Crippen molar-refractivity contribution in [3.63, 3.8) is 0 Å². The van der Waals surface area contributed by atoms with Gasteiger partial charge in [0.2, 0.25) is 5.91 Å². The summed E-state index contributed by atoms with van der Waals surface area (Å²) in [7, 11) is 0. The van der Waals surface area contributed by atoms with Crippen LogP contribution in [0.4, 0.5) is 0 Å². The quantitative estimate of drug-likeness (QED) is 0.857. The molecular weight excluding hydrogens is 316 g/mol. The lowest BCUT2D eigenvalue weighted by Gasteiger charge is -2.39. The Kier molecular flexibility index (Phi) is 6.32. The lowest BCUT2D eigenvalue weighted by atomic mass is 10.1. The zero-order valence-corrected chi connectivity index (χ0v) is 15.2. The number of ether oxygens (including phenoxy) is 1. The van der Waals surface area contributed by atoms with Crippen molar-refractivity contribution in [3.05, 3.63) is 29.8 Å². The summed E-state index contributed by atoms with van der Waals surface area (Å²) in [5.74, 6) is 1.11. The molecule has 1 aliphatic heterocycles. The highest BCUT2D eigenvalue weighted by atomic mass is 16.5. The Balaban J connectivity index is 1.42. The van der Waals surface area contributed by atoms with Gasteiger partial charge in [0.05, 0.1) is 12.7 Å². The summed E-state index contributed by atoms with van der Waals surface area (Å²) < 4.78 is 5.44. The summed E-state index contributed by atoms with van der Waals surface area (Å²) in [6.07, 6.45) is 4.28. The first kappa shape index (κ1) is 18.2. The number of piperazine rings is 1. The van der Waals surface area contributed by atoms with Crippen LogP contribution in [-0.4, -0.2) is 65.7 Å². The van der Waals surface area contributed by atoms with Crippen molar-refractivity contribution in [1.29, 1.82) is 0 Å². The zero-order chi connectivity index (χ0) is 17.6. The lowest BCUT2D eigenvalue weighted by molar-refractivity contribution is -0.133. The molecule has 5 heteroatoms. The Morgan fingerprint density at radius 2 is 1.88 bits per heavy atom. The van der Waals surface area contributed by atoms with E-state index >= 15 is 0 Å². The maximum absolute atomic E-state index is 12.5. The number of benzene rings is 1. The van der Waals surface area contributed by atoms with E-state index in [-0.39, 0.29) is 12.0 Å². The largest absolute Gasteiger partial charge is 0.494 e. The topological polar surface area (TPSA) is 53.0 Å². The second-order valence-electron chi connectivity index (χ2n) is 7.06. The van der Waals surface area contributed by atoms with Crippen molar-refractivity contribution in [2.45, 2.75) is 51.2 Å². The van der Waals surface area contributed by atoms with E-state index in [9.17, 15) is 9.90 Å². The van der Waals surface area contributed by atoms with Crippen LogP contribution in [0.5, 0.6) is 5.75 Å². The molecule has 1 heterocycles. The molecule has 1 aromatic carbocycles. The van der Waals surface area contributed by atoms with Crippen molar-refractivity contribution >= 4 is 5.91 Å². The first-order valence-electron chi connectivity index (χ1n) is 9.59. The van der Waals surface area contributed by atoms with Crippen LogP contribution in [0, 0.1) is 0 Å². The molecule has 0 radical (unpaired) electrons. The smallest absolute Gasteiger partial charge is 0.222 e. The Bertz CT molecular complexity index is 553. The second kappa shape index (κ2) is 8.68. The molecule has 2 fully saturated rings. The molecule has 138 valence electrons. The second-order valence-corrected chi connectivity index (χ2v) is 7.06. The predicted molar refractivity (Wildman–Crippen MR) is 97.7 cm³/mol. The number of aryl methyl sites for hydroxylation is 1. The normalized spacial score (nSPS) is 24.5. The first-order valence-corrected chi connectivity index (χ1v) is 9.59. The van der Waals surface area contributed by atoms with Crippen LogP contribution in [0.3, 0.4) is 0 Å². The van der Waals surface area contributed by atoms with Gasteiger partial charge in [-0.1, -0.05) is 12.1 Å².